The van der Waals surface area contributed by atoms with Crippen molar-refractivity contribution in [1.82, 2.24) is 4.90 Å². The quantitative estimate of drug-likeness (QED) is 0.338. The molecule has 2 fully saturated rings. The Balaban J connectivity index is 1.20. The van der Waals surface area contributed by atoms with E-state index in [2.05, 4.69) is 41.3 Å². The molecule has 0 N–H and O–H groups in total. The zero-order chi connectivity index (χ0) is 24.8. The Bertz CT molecular complexity index is 1080. The Morgan fingerprint density at radius 2 is 1.50 bits per heavy atom. The number of methoxy groups -OCH3 is 1. The van der Waals surface area contributed by atoms with Crippen LogP contribution in [-0.2, 0) is 16.8 Å². The van der Waals surface area contributed by atoms with Crippen LogP contribution >= 0.6 is 0 Å². The summed E-state index contributed by atoms with van der Waals surface area (Å²) in [5.74, 6) is 1.29. The van der Waals surface area contributed by atoms with E-state index in [1.807, 2.05) is 30.3 Å². The molecule has 2 aliphatic rings. The molecule has 1 aliphatic carbocycles. The molecule has 0 bridgehead atoms. The van der Waals surface area contributed by atoms with Gasteiger partial charge in [0.05, 0.1) is 20.3 Å². The van der Waals surface area contributed by atoms with Crippen LogP contribution in [0.15, 0.2) is 78.9 Å². The molecule has 3 aromatic carbocycles. The summed E-state index contributed by atoms with van der Waals surface area (Å²) < 4.78 is 25.2. The van der Waals surface area contributed by atoms with Gasteiger partial charge in [0.1, 0.15) is 11.6 Å². The summed E-state index contributed by atoms with van der Waals surface area (Å²) in [6, 6.07) is 26.9. The standard InChI is InChI=1S/C32H38FNO2/c1-35-31-10-6-5-7-27(31)23-36-24-32(28-8-3-2-4-9-28)19-15-30(16-20-32)34-21-17-26(18-22-34)25-11-13-29(33)14-12-25/h2-14,26,30H,15-24H2,1H3/t30-,32+. The summed E-state index contributed by atoms with van der Waals surface area (Å²) in [7, 11) is 1.72. The fourth-order valence-corrected chi connectivity index (χ4v) is 6.34. The minimum absolute atomic E-state index is 0.0617. The topological polar surface area (TPSA) is 21.7 Å². The van der Waals surface area contributed by atoms with Gasteiger partial charge in [-0.3, -0.25) is 0 Å². The first-order valence-corrected chi connectivity index (χ1v) is 13.4. The number of halogens is 1. The summed E-state index contributed by atoms with van der Waals surface area (Å²) in [4.78, 5) is 2.71. The molecule has 5 rings (SSSR count). The van der Waals surface area contributed by atoms with Gasteiger partial charge in [0, 0.05) is 17.0 Å². The van der Waals surface area contributed by atoms with Crippen LogP contribution in [0.5, 0.6) is 5.75 Å². The van der Waals surface area contributed by atoms with E-state index in [-0.39, 0.29) is 11.2 Å². The molecular formula is C32H38FNO2. The van der Waals surface area contributed by atoms with E-state index in [0.29, 0.717) is 18.6 Å². The van der Waals surface area contributed by atoms with E-state index < -0.39 is 0 Å². The van der Waals surface area contributed by atoms with Gasteiger partial charge in [-0.05, 0) is 86.9 Å². The number of piperidine rings is 1. The highest BCUT2D eigenvalue weighted by molar-refractivity contribution is 5.33. The lowest BCUT2D eigenvalue weighted by atomic mass is 9.68. The lowest BCUT2D eigenvalue weighted by Gasteiger charge is -2.45. The summed E-state index contributed by atoms with van der Waals surface area (Å²) in [6.45, 7) is 3.57. The summed E-state index contributed by atoms with van der Waals surface area (Å²) in [5, 5.41) is 0. The van der Waals surface area contributed by atoms with Gasteiger partial charge in [0.2, 0.25) is 0 Å². The van der Waals surface area contributed by atoms with Crippen LogP contribution in [0, 0.1) is 5.82 Å². The molecule has 3 aromatic rings. The first kappa shape index (κ1) is 25.0. The van der Waals surface area contributed by atoms with E-state index in [9.17, 15) is 4.39 Å². The van der Waals surface area contributed by atoms with Crippen molar-refractivity contribution in [2.24, 2.45) is 0 Å². The smallest absolute Gasteiger partial charge is 0.124 e. The molecule has 36 heavy (non-hydrogen) atoms. The molecule has 0 atom stereocenters. The van der Waals surface area contributed by atoms with Crippen LogP contribution in [0.3, 0.4) is 0 Å². The maximum atomic E-state index is 13.3. The average Bonchev–Trinajstić information content (AvgIpc) is 2.95. The zero-order valence-electron chi connectivity index (χ0n) is 21.4. The van der Waals surface area contributed by atoms with Crippen LogP contribution in [0.1, 0.15) is 61.1 Å². The fraction of sp³-hybridized carbons (Fsp3) is 0.438. The third kappa shape index (κ3) is 5.66. The van der Waals surface area contributed by atoms with Gasteiger partial charge in [-0.1, -0.05) is 60.7 Å². The van der Waals surface area contributed by atoms with Gasteiger partial charge < -0.3 is 14.4 Å². The highest BCUT2D eigenvalue weighted by Crippen LogP contribution is 2.42. The highest BCUT2D eigenvalue weighted by atomic mass is 19.1. The molecule has 1 saturated heterocycles. The maximum Gasteiger partial charge on any atom is 0.124 e. The van der Waals surface area contributed by atoms with Crippen molar-refractivity contribution in [3.8, 4) is 5.75 Å². The fourth-order valence-electron chi connectivity index (χ4n) is 6.34. The van der Waals surface area contributed by atoms with Crippen LogP contribution < -0.4 is 4.74 Å². The van der Waals surface area contributed by atoms with Crippen LogP contribution in [0.4, 0.5) is 4.39 Å². The Hall–Kier alpha value is -2.69. The Morgan fingerprint density at radius 3 is 2.19 bits per heavy atom. The third-order valence-electron chi connectivity index (χ3n) is 8.51. The van der Waals surface area contributed by atoms with Crippen molar-refractivity contribution < 1.29 is 13.9 Å². The second-order valence-electron chi connectivity index (χ2n) is 10.5. The predicted octanol–water partition coefficient (Wildman–Crippen LogP) is 7.11. The minimum Gasteiger partial charge on any atom is -0.496 e. The van der Waals surface area contributed by atoms with E-state index in [1.165, 1.54) is 24.0 Å². The summed E-state index contributed by atoms with van der Waals surface area (Å²) in [6.07, 6.45) is 7.02. The number of hydrogen-bond donors (Lipinski definition) is 0. The van der Waals surface area contributed by atoms with Crippen LogP contribution in [-0.4, -0.2) is 37.7 Å². The lowest BCUT2D eigenvalue weighted by Crippen LogP contribution is -2.46. The molecule has 0 spiro atoms. The van der Waals surface area contributed by atoms with Crippen LogP contribution in [0.2, 0.25) is 0 Å². The highest BCUT2D eigenvalue weighted by Gasteiger charge is 2.39. The molecule has 1 saturated carbocycles. The van der Waals surface area contributed by atoms with Crippen LogP contribution in [0.25, 0.3) is 0 Å². The number of para-hydroxylation sites is 1. The van der Waals surface area contributed by atoms with Gasteiger partial charge in [0.25, 0.3) is 0 Å². The molecule has 0 aromatic heterocycles. The Kier molecular flexibility index (Phi) is 8.03. The normalized spacial score (nSPS) is 23.4. The number of nitrogens with zero attached hydrogens (tertiary/aromatic N) is 1. The van der Waals surface area contributed by atoms with Crippen molar-refractivity contribution in [3.05, 3.63) is 101 Å². The van der Waals surface area contributed by atoms with Gasteiger partial charge in [-0.25, -0.2) is 4.39 Å². The Labute approximate surface area is 215 Å². The number of hydrogen-bond acceptors (Lipinski definition) is 3. The molecule has 0 unspecified atom stereocenters. The van der Waals surface area contributed by atoms with E-state index in [0.717, 1.165) is 56.7 Å². The third-order valence-corrected chi connectivity index (χ3v) is 8.51. The average molecular weight is 488 g/mol. The van der Waals surface area contributed by atoms with Gasteiger partial charge in [-0.2, -0.15) is 0 Å². The first-order valence-electron chi connectivity index (χ1n) is 13.4. The van der Waals surface area contributed by atoms with Crippen molar-refractivity contribution in [1.29, 1.82) is 0 Å². The molecule has 0 radical (unpaired) electrons. The molecule has 190 valence electrons. The van der Waals surface area contributed by atoms with Crippen molar-refractivity contribution in [2.75, 3.05) is 26.8 Å². The van der Waals surface area contributed by atoms with E-state index in [4.69, 9.17) is 9.47 Å². The van der Waals surface area contributed by atoms with Gasteiger partial charge in [-0.15, -0.1) is 0 Å². The minimum atomic E-state index is -0.146. The SMILES string of the molecule is COc1ccccc1COC[C@]1(c2ccccc2)CC[C@@H](N2CCC(c3ccc(F)cc3)CC2)CC1. The first-order chi connectivity index (χ1) is 17.7. The number of likely N-dealkylation sites (tertiary alicyclic amines) is 1. The predicted molar refractivity (Wildman–Crippen MR) is 143 cm³/mol. The van der Waals surface area contributed by atoms with Crippen molar-refractivity contribution >= 4 is 0 Å². The van der Waals surface area contributed by atoms with Gasteiger partial charge >= 0.3 is 0 Å². The molecule has 4 heteroatoms. The maximum absolute atomic E-state index is 13.3. The second-order valence-corrected chi connectivity index (χ2v) is 10.5. The molecular weight excluding hydrogens is 449 g/mol. The van der Waals surface area contributed by atoms with Crippen molar-refractivity contribution in [2.45, 2.75) is 62.5 Å². The van der Waals surface area contributed by atoms with E-state index >= 15 is 0 Å². The second kappa shape index (κ2) is 11.6. The van der Waals surface area contributed by atoms with Crippen molar-refractivity contribution in [3.63, 3.8) is 0 Å². The zero-order valence-corrected chi connectivity index (χ0v) is 21.4. The van der Waals surface area contributed by atoms with Gasteiger partial charge in [0.15, 0.2) is 0 Å². The number of ether oxygens (including phenoxy) is 2. The largest absolute Gasteiger partial charge is 0.496 e. The number of rotatable bonds is 8. The Morgan fingerprint density at radius 1 is 0.833 bits per heavy atom. The monoisotopic (exact) mass is 487 g/mol. The molecule has 1 heterocycles. The molecule has 3 nitrogen and oxygen atoms in total. The number of benzene rings is 3. The van der Waals surface area contributed by atoms with E-state index in [1.54, 1.807) is 19.2 Å². The lowest BCUT2D eigenvalue weighted by molar-refractivity contribution is 0.0296. The molecule has 1 aliphatic heterocycles. The summed E-state index contributed by atoms with van der Waals surface area (Å²) in [5.41, 5.74) is 3.85. The summed E-state index contributed by atoms with van der Waals surface area (Å²) >= 11 is 0. The molecule has 0 amide bonds.